The number of pyridine rings is 1. The van der Waals surface area contributed by atoms with Gasteiger partial charge in [-0.25, -0.2) is 9.97 Å². The SMILES string of the molecule is CCc1nc2c(sc3ncccc32)c(=O)n1CC(=O)Nc1ccc(C(C)C)cc1. The number of hydrogen-bond acceptors (Lipinski definition) is 5. The topological polar surface area (TPSA) is 76.9 Å². The van der Waals surface area contributed by atoms with E-state index < -0.39 is 0 Å². The first-order chi connectivity index (χ1) is 14.0. The largest absolute Gasteiger partial charge is 0.325 e. The zero-order valence-electron chi connectivity index (χ0n) is 16.6. The average Bonchev–Trinajstić information content (AvgIpc) is 3.09. The molecule has 3 heterocycles. The molecule has 1 N–H and O–H groups in total. The van der Waals surface area contributed by atoms with Gasteiger partial charge in [0.1, 0.15) is 21.9 Å². The Hall–Kier alpha value is -3.06. The predicted molar refractivity (Wildman–Crippen MR) is 118 cm³/mol. The summed E-state index contributed by atoms with van der Waals surface area (Å²) in [5, 5.41) is 3.75. The molecule has 0 radical (unpaired) electrons. The molecule has 148 valence electrons. The summed E-state index contributed by atoms with van der Waals surface area (Å²) in [5.74, 6) is 0.773. The molecule has 0 aliphatic heterocycles. The molecule has 29 heavy (non-hydrogen) atoms. The second-order valence-electron chi connectivity index (χ2n) is 7.23. The van der Waals surface area contributed by atoms with Gasteiger partial charge >= 0.3 is 0 Å². The Morgan fingerprint density at radius 1 is 1.21 bits per heavy atom. The van der Waals surface area contributed by atoms with Gasteiger partial charge in [0.25, 0.3) is 5.56 Å². The summed E-state index contributed by atoms with van der Waals surface area (Å²) in [5.41, 5.74) is 2.40. The molecule has 0 aliphatic carbocycles. The number of amides is 1. The van der Waals surface area contributed by atoms with Crippen LogP contribution >= 0.6 is 11.3 Å². The summed E-state index contributed by atoms with van der Waals surface area (Å²) in [4.78, 5) is 35.5. The predicted octanol–water partition coefficient (Wildman–Crippen LogP) is 4.33. The molecule has 0 bridgehead atoms. The molecular weight excluding hydrogens is 384 g/mol. The number of hydrogen-bond donors (Lipinski definition) is 1. The maximum Gasteiger partial charge on any atom is 0.272 e. The van der Waals surface area contributed by atoms with Crippen molar-refractivity contribution in [2.24, 2.45) is 0 Å². The monoisotopic (exact) mass is 406 g/mol. The first-order valence-electron chi connectivity index (χ1n) is 9.64. The number of fused-ring (bicyclic) bond motifs is 3. The van der Waals surface area contributed by atoms with E-state index in [-0.39, 0.29) is 18.0 Å². The van der Waals surface area contributed by atoms with Gasteiger partial charge in [0, 0.05) is 23.7 Å². The smallest absolute Gasteiger partial charge is 0.272 e. The third kappa shape index (κ3) is 3.65. The lowest BCUT2D eigenvalue weighted by Crippen LogP contribution is -2.30. The van der Waals surface area contributed by atoms with Crippen LogP contribution in [0.15, 0.2) is 47.4 Å². The van der Waals surface area contributed by atoms with Crippen molar-refractivity contribution in [1.29, 1.82) is 0 Å². The van der Waals surface area contributed by atoms with E-state index in [4.69, 9.17) is 0 Å². The maximum absolute atomic E-state index is 13.1. The first kappa shape index (κ1) is 19.3. The molecule has 0 atom stereocenters. The van der Waals surface area contributed by atoms with Crippen molar-refractivity contribution in [2.75, 3.05) is 5.32 Å². The highest BCUT2D eigenvalue weighted by Crippen LogP contribution is 2.28. The highest BCUT2D eigenvalue weighted by molar-refractivity contribution is 7.25. The van der Waals surface area contributed by atoms with Crippen LogP contribution in [0.5, 0.6) is 0 Å². The number of carbonyl (C=O) groups excluding carboxylic acids is 1. The van der Waals surface area contributed by atoms with Gasteiger partial charge in [-0.3, -0.25) is 14.2 Å². The lowest BCUT2D eigenvalue weighted by atomic mass is 10.0. The fourth-order valence-corrected chi connectivity index (χ4v) is 4.36. The molecule has 1 aromatic carbocycles. The van der Waals surface area contributed by atoms with Crippen LogP contribution in [0.2, 0.25) is 0 Å². The van der Waals surface area contributed by atoms with Gasteiger partial charge in [-0.15, -0.1) is 11.3 Å². The zero-order valence-corrected chi connectivity index (χ0v) is 17.4. The van der Waals surface area contributed by atoms with E-state index in [1.165, 1.54) is 21.5 Å². The van der Waals surface area contributed by atoms with Crippen LogP contribution < -0.4 is 10.9 Å². The summed E-state index contributed by atoms with van der Waals surface area (Å²) in [6.07, 6.45) is 2.26. The van der Waals surface area contributed by atoms with Gasteiger partial charge in [0.2, 0.25) is 5.91 Å². The molecule has 7 heteroatoms. The minimum absolute atomic E-state index is 0.0709. The van der Waals surface area contributed by atoms with Crippen LogP contribution in [0, 0.1) is 0 Å². The lowest BCUT2D eigenvalue weighted by Gasteiger charge is -2.12. The third-order valence-corrected chi connectivity index (χ3v) is 6.00. The van der Waals surface area contributed by atoms with Gasteiger partial charge in [0.15, 0.2) is 0 Å². The number of nitrogens with one attached hydrogen (secondary N) is 1. The van der Waals surface area contributed by atoms with Crippen LogP contribution in [0.3, 0.4) is 0 Å². The van der Waals surface area contributed by atoms with Crippen molar-refractivity contribution in [3.8, 4) is 0 Å². The van der Waals surface area contributed by atoms with Crippen LogP contribution in [0.1, 0.15) is 38.1 Å². The first-order valence-corrected chi connectivity index (χ1v) is 10.5. The molecule has 6 nitrogen and oxygen atoms in total. The minimum atomic E-state index is -0.250. The van der Waals surface area contributed by atoms with E-state index in [1.54, 1.807) is 6.20 Å². The maximum atomic E-state index is 13.1. The van der Waals surface area contributed by atoms with Gasteiger partial charge in [-0.05, 0) is 35.7 Å². The van der Waals surface area contributed by atoms with Gasteiger partial charge in [-0.1, -0.05) is 32.9 Å². The summed E-state index contributed by atoms with van der Waals surface area (Å²) in [7, 11) is 0. The Labute approximate surface area is 172 Å². The number of benzene rings is 1. The van der Waals surface area contributed by atoms with Crippen LogP contribution in [0.25, 0.3) is 20.4 Å². The summed E-state index contributed by atoms with van der Waals surface area (Å²) >= 11 is 1.32. The normalized spacial score (nSPS) is 11.4. The summed E-state index contributed by atoms with van der Waals surface area (Å²) < 4.78 is 2.00. The molecule has 0 spiro atoms. The van der Waals surface area contributed by atoms with Crippen molar-refractivity contribution >= 4 is 43.4 Å². The van der Waals surface area contributed by atoms with E-state index in [0.29, 0.717) is 34.1 Å². The molecule has 0 saturated heterocycles. The minimum Gasteiger partial charge on any atom is -0.325 e. The Balaban J connectivity index is 1.66. The molecule has 3 aromatic heterocycles. The third-order valence-electron chi connectivity index (χ3n) is 4.91. The van der Waals surface area contributed by atoms with Crippen molar-refractivity contribution in [1.82, 2.24) is 14.5 Å². The highest BCUT2D eigenvalue weighted by atomic mass is 32.1. The summed E-state index contributed by atoms with van der Waals surface area (Å²) in [6.45, 7) is 6.11. The second-order valence-corrected chi connectivity index (χ2v) is 8.23. The highest BCUT2D eigenvalue weighted by Gasteiger charge is 2.17. The quantitative estimate of drug-likeness (QED) is 0.535. The van der Waals surface area contributed by atoms with Gasteiger partial charge in [0.05, 0.1) is 5.52 Å². The van der Waals surface area contributed by atoms with E-state index in [0.717, 1.165) is 10.2 Å². The number of aryl methyl sites for hydroxylation is 1. The molecule has 0 unspecified atom stereocenters. The Morgan fingerprint density at radius 2 is 1.97 bits per heavy atom. The number of thiophene rings is 1. The summed E-state index contributed by atoms with van der Waals surface area (Å²) in [6, 6.07) is 11.5. The number of rotatable bonds is 5. The Morgan fingerprint density at radius 3 is 2.66 bits per heavy atom. The molecule has 0 saturated carbocycles. The zero-order chi connectivity index (χ0) is 20.5. The van der Waals surface area contributed by atoms with Gasteiger partial charge < -0.3 is 5.32 Å². The number of nitrogens with zero attached hydrogens (tertiary/aromatic N) is 3. The number of anilines is 1. The van der Waals surface area contributed by atoms with E-state index in [1.807, 2.05) is 43.3 Å². The van der Waals surface area contributed by atoms with Crippen molar-refractivity contribution in [2.45, 2.75) is 39.7 Å². The molecule has 4 rings (SSSR count). The van der Waals surface area contributed by atoms with E-state index in [9.17, 15) is 9.59 Å². The Kier molecular flexibility index (Phi) is 5.15. The molecule has 0 aliphatic rings. The fraction of sp³-hybridized carbons (Fsp3) is 0.273. The van der Waals surface area contributed by atoms with Crippen molar-refractivity contribution in [3.05, 3.63) is 64.3 Å². The van der Waals surface area contributed by atoms with E-state index >= 15 is 0 Å². The molecule has 0 fully saturated rings. The molecular formula is C22H22N4O2S. The van der Waals surface area contributed by atoms with E-state index in [2.05, 4.69) is 29.1 Å². The van der Waals surface area contributed by atoms with Crippen molar-refractivity contribution in [3.63, 3.8) is 0 Å². The molecule has 1 amide bonds. The van der Waals surface area contributed by atoms with Crippen molar-refractivity contribution < 1.29 is 4.79 Å². The average molecular weight is 407 g/mol. The second kappa shape index (κ2) is 7.75. The van der Waals surface area contributed by atoms with Crippen LogP contribution in [-0.4, -0.2) is 20.4 Å². The Bertz CT molecular complexity index is 1260. The van der Waals surface area contributed by atoms with Gasteiger partial charge in [-0.2, -0.15) is 0 Å². The fourth-order valence-electron chi connectivity index (χ4n) is 3.33. The molecule has 4 aromatic rings. The lowest BCUT2D eigenvalue weighted by molar-refractivity contribution is -0.116. The number of carbonyl (C=O) groups is 1. The van der Waals surface area contributed by atoms with Crippen LogP contribution in [0.4, 0.5) is 5.69 Å². The number of aromatic nitrogens is 3. The van der Waals surface area contributed by atoms with Crippen LogP contribution in [-0.2, 0) is 17.8 Å². The standard InChI is InChI=1S/C22H22N4O2S/c1-4-17-25-19-16-6-5-11-23-21(16)29-20(19)22(28)26(17)12-18(27)24-15-9-7-14(8-10-15)13(2)3/h5-11,13H,4,12H2,1-3H3,(H,24,27).